The van der Waals surface area contributed by atoms with Gasteiger partial charge in [-0.25, -0.2) is 4.79 Å². The number of halogens is 1. The van der Waals surface area contributed by atoms with Crippen molar-refractivity contribution >= 4 is 31.6 Å². The van der Waals surface area contributed by atoms with E-state index in [0.717, 1.165) is 0 Å². The van der Waals surface area contributed by atoms with E-state index in [1.165, 1.54) is 7.05 Å². The fourth-order valence-electron chi connectivity index (χ4n) is 0.509. The van der Waals surface area contributed by atoms with E-state index in [9.17, 15) is 4.79 Å². The van der Waals surface area contributed by atoms with Crippen molar-refractivity contribution in [1.82, 2.24) is 14.2 Å². The van der Waals surface area contributed by atoms with E-state index >= 15 is 0 Å². The van der Waals surface area contributed by atoms with Crippen LogP contribution in [0.2, 0.25) is 0 Å². The van der Waals surface area contributed by atoms with Gasteiger partial charge in [-0.15, -0.1) is 3.53 Å². The van der Waals surface area contributed by atoms with Crippen molar-refractivity contribution in [1.29, 1.82) is 0 Å². The quantitative estimate of drug-likeness (QED) is 0.390. The molecule has 0 rings (SSSR count). The first-order valence-electron chi connectivity index (χ1n) is 3.30. The lowest BCUT2D eigenvalue weighted by atomic mass is 10.7. The molecule has 3 N–H and O–H groups in total. The van der Waals surface area contributed by atoms with E-state index < -0.39 is 33.1 Å². The molecule has 0 aromatic rings. The van der Waals surface area contributed by atoms with E-state index in [1.54, 1.807) is 7.05 Å². The Labute approximate surface area is 86.9 Å². The number of amides is 1. The van der Waals surface area contributed by atoms with Crippen molar-refractivity contribution < 1.29 is 9.53 Å². The van der Waals surface area contributed by atoms with Crippen LogP contribution in [0.5, 0.6) is 0 Å². The van der Waals surface area contributed by atoms with E-state index in [0.29, 0.717) is 0 Å². The normalized spacial score (nSPS) is 13.9. The van der Waals surface area contributed by atoms with Gasteiger partial charge < -0.3 is 10.1 Å². The molecule has 74 valence electrons. The summed E-state index contributed by atoms with van der Waals surface area (Å²) >= 11 is -0.574. The van der Waals surface area contributed by atoms with E-state index in [4.69, 9.17) is 11.3 Å². The molecule has 1 amide bonds. The number of nitrogens with zero attached hydrogens (tertiary/aromatic N) is 1. The van der Waals surface area contributed by atoms with Gasteiger partial charge in [-0.05, 0) is 28.1 Å². The Morgan fingerprint density at radius 1 is 1.69 bits per heavy atom. The van der Waals surface area contributed by atoms with Crippen LogP contribution in [0.3, 0.4) is 0 Å². The second-order valence-corrected chi connectivity index (χ2v) is 3.19. The number of ether oxygens (including phenoxy) is 1. The number of alkyl carbamates (subject to hydrolysis) is 1. The summed E-state index contributed by atoms with van der Waals surface area (Å²) in [5, 5.41) is 4.92. The molecule has 0 saturated heterocycles. The summed E-state index contributed by atoms with van der Waals surface area (Å²) in [6.45, 7) is 5.09. The highest BCUT2D eigenvalue weighted by Gasteiger charge is 2.43. The summed E-state index contributed by atoms with van der Waals surface area (Å²) in [5.74, 6) is -1.37. The van der Waals surface area contributed by atoms with Gasteiger partial charge in [0.05, 0.1) is 0 Å². The molecule has 0 aromatic carbocycles. The molecular weight excluding hydrogens is 287 g/mol. The highest BCUT2D eigenvalue weighted by Crippen LogP contribution is 2.08. The number of nitrogens with one attached hydrogen (secondary N) is 3. The van der Waals surface area contributed by atoms with Crippen LogP contribution in [-0.4, -0.2) is 30.7 Å². The van der Waals surface area contributed by atoms with Crippen LogP contribution in [0.1, 0.15) is 0 Å². The predicted molar refractivity (Wildman–Crippen MR) is 59.9 cm³/mol. The smallest absolute Gasteiger partial charge is 0.342 e. The van der Waals surface area contributed by atoms with Gasteiger partial charge in [0.15, 0.2) is 0 Å². The van der Waals surface area contributed by atoms with Gasteiger partial charge in [-0.3, -0.25) is 0 Å². The summed E-state index contributed by atoms with van der Waals surface area (Å²) in [6, 6.07) is 0. The second kappa shape index (κ2) is 5.85. The van der Waals surface area contributed by atoms with Crippen LogP contribution in [0.15, 0.2) is 0 Å². The average molecular weight is 299 g/mol. The topological polar surface area (TPSA) is 66.8 Å². The Kier molecular flexibility index (Phi) is 5.52. The lowest BCUT2D eigenvalue weighted by molar-refractivity contribution is 0.0241. The van der Waals surface area contributed by atoms with Crippen molar-refractivity contribution in [2.75, 3.05) is 14.1 Å². The summed E-state index contributed by atoms with van der Waals surface area (Å²) in [7, 11) is 3.00. The lowest BCUT2D eigenvalue weighted by Crippen LogP contribution is -2.53. The van der Waals surface area contributed by atoms with Crippen LogP contribution in [0.25, 0.3) is 4.85 Å². The summed E-state index contributed by atoms with van der Waals surface area (Å²) < 4.78 is 11.3. The first-order chi connectivity index (χ1) is 6.14. The number of carbonyl (C=O) groups excluding carboxylic acids is 1. The number of hydrogen-bond donors (Lipinski definition) is 3. The zero-order valence-electron chi connectivity index (χ0n) is 7.43. The van der Waals surface area contributed by atoms with Gasteiger partial charge in [0.25, 0.3) is 6.57 Å². The molecule has 0 fully saturated rings. The van der Waals surface area contributed by atoms with Crippen LogP contribution >= 0.6 is 21.0 Å². The minimum Gasteiger partial charge on any atom is -0.342 e. The van der Waals surface area contributed by atoms with Crippen LogP contribution in [0, 0.1) is 6.57 Å². The number of hydrogen-bond acceptors (Lipinski definition) is 4. The second-order valence-electron chi connectivity index (χ2n) is 1.89. The van der Waals surface area contributed by atoms with Gasteiger partial charge in [0.2, 0.25) is 0 Å². The Morgan fingerprint density at radius 3 is 2.62 bits per heavy atom. The fraction of sp³-hybridized carbons (Fsp3) is 0.500. The molecule has 6 nitrogen and oxygen atoms in total. The van der Waals surface area contributed by atoms with E-state index in [1.807, 2.05) is 0 Å². The molecule has 7 heteroatoms. The SMILES string of the molecule is C#[N+]C(NC)(NI=C)OC(=O)NC. The maximum absolute atomic E-state index is 10.9. The van der Waals surface area contributed by atoms with Crippen LogP contribution in [-0.2, 0) is 4.74 Å². The molecule has 0 aliphatic rings. The zero-order valence-corrected chi connectivity index (χ0v) is 9.58. The van der Waals surface area contributed by atoms with Gasteiger partial charge in [0, 0.05) is 11.9 Å². The van der Waals surface area contributed by atoms with Crippen LogP contribution < -0.4 is 14.2 Å². The fourth-order valence-corrected chi connectivity index (χ4v) is 1.54. The minimum atomic E-state index is -1.37. The molecule has 0 aromatic heterocycles. The monoisotopic (exact) mass is 299 g/mol. The average Bonchev–Trinajstić information content (AvgIpc) is 2.17. The molecule has 0 aliphatic heterocycles. The maximum Gasteiger partial charge on any atom is 0.565 e. The number of rotatable bonds is 4. The van der Waals surface area contributed by atoms with Crippen molar-refractivity contribution in [3.05, 3.63) is 4.85 Å². The van der Waals surface area contributed by atoms with Crippen molar-refractivity contribution in [2.24, 2.45) is 0 Å². The van der Waals surface area contributed by atoms with Crippen molar-refractivity contribution in [3.8, 4) is 6.57 Å². The molecule has 0 spiro atoms. The Morgan fingerprint density at radius 2 is 2.31 bits per heavy atom. The molecule has 0 aliphatic carbocycles. The predicted octanol–water partition coefficient (Wildman–Crippen LogP) is 0.0431. The summed E-state index contributed by atoms with van der Waals surface area (Å²) in [5.41, 5.74) is 0. The Balaban J connectivity index is 4.49. The third kappa shape index (κ3) is 3.67. The Hall–Kier alpha value is -0.720. The van der Waals surface area contributed by atoms with Gasteiger partial charge >= 0.3 is 12.1 Å². The van der Waals surface area contributed by atoms with Gasteiger partial charge in [0.1, 0.15) is 0 Å². The van der Waals surface area contributed by atoms with Crippen molar-refractivity contribution in [3.63, 3.8) is 0 Å². The maximum atomic E-state index is 10.9. The van der Waals surface area contributed by atoms with Gasteiger partial charge in [-0.1, -0.05) is 4.51 Å². The highest BCUT2D eigenvalue weighted by atomic mass is 127. The van der Waals surface area contributed by atoms with E-state index in [2.05, 4.69) is 23.5 Å². The molecule has 0 saturated carbocycles. The molecule has 0 heterocycles. The molecule has 0 bridgehead atoms. The lowest BCUT2D eigenvalue weighted by Gasteiger charge is -2.14. The van der Waals surface area contributed by atoms with Crippen molar-refractivity contribution in [2.45, 2.75) is 5.97 Å². The molecule has 1 unspecified atom stereocenters. The standard InChI is InChI=1S/C6H11IN4O2/c1-7-11-6(9-3,10-4)13-5(12)8-2/h3,10-11H,1H2,2,4H3/p+1. The summed E-state index contributed by atoms with van der Waals surface area (Å²) in [6.07, 6.45) is -0.631. The number of carbonyl (C=O) groups is 1. The summed E-state index contributed by atoms with van der Waals surface area (Å²) in [4.78, 5) is 14.3. The van der Waals surface area contributed by atoms with Crippen LogP contribution in [0.4, 0.5) is 4.79 Å². The third-order valence-electron chi connectivity index (χ3n) is 1.16. The molecule has 0 radical (unpaired) electrons. The van der Waals surface area contributed by atoms with E-state index in [-0.39, 0.29) is 0 Å². The Bertz CT molecular complexity index is 239. The first-order valence-corrected chi connectivity index (χ1v) is 5.90. The molecule has 1 atom stereocenters. The molecular formula is C6H12IN4O2+. The molecule has 13 heavy (non-hydrogen) atoms. The first kappa shape index (κ1) is 12.3. The largest absolute Gasteiger partial charge is 0.565 e. The zero-order chi connectivity index (χ0) is 10.3. The third-order valence-corrected chi connectivity index (χ3v) is 2.27. The van der Waals surface area contributed by atoms with Gasteiger partial charge in [-0.2, -0.15) is 5.32 Å². The highest BCUT2D eigenvalue weighted by molar-refractivity contribution is 14.2. The minimum absolute atomic E-state index is 0.574.